The Labute approximate surface area is 134 Å². The summed E-state index contributed by atoms with van der Waals surface area (Å²) in [6.45, 7) is 2.26. The molecule has 0 saturated heterocycles. The zero-order chi connectivity index (χ0) is 15.2. The lowest BCUT2D eigenvalue weighted by Gasteiger charge is -2.17. The zero-order valence-corrected chi connectivity index (χ0v) is 13.9. The van der Waals surface area contributed by atoms with E-state index >= 15 is 0 Å². The summed E-state index contributed by atoms with van der Waals surface area (Å²) in [6.07, 6.45) is 0.666. The van der Waals surface area contributed by atoms with Gasteiger partial charge in [0.2, 0.25) is 0 Å². The van der Waals surface area contributed by atoms with Crippen LogP contribution < -0.4 is 10.1 Å². The average Bonchev–Trinajstić information content (AvgIpc) is 2.49. The molecule has 0 aliphatic heterocycles. The molecule has 0 aromatic heterocycles. The van der Waals surface area contributed by atoms with E-state index in [-0.39, 0.29) is 12.6 Å². The predicted molar refractivity (Wildman–Crippen MR) is 88.9 cm³/mol. The first-order valence-electron chi connectivity index (χ1n) is 6.98. The van der Waals surface area contributed by atoms with Gasteiger partial charge in [-0.15, -0.1) is 0 Å². The predicted octanol–water partition coefficient (Wildman–Crippen LogP) is 4.06. The van der Waals surface area contributed by atoms with Crippen LogP contribution in [-0.4, -0.2) is 18.8 Å². The molecule has 21 heavy (non-hydrogen) atoms. The van der Waals surface area contributed by atoms with E-state index in [0.717, 1.165) is 27.1 Å². The maximum absolute atomic E-state index is 8.94. The molecule has 2 aromatic carbocycles. The number of rotatable bonds is 6. The molecule has 4 heteroatoms. The monoisotopic (exact) mass is 349 g/mol. The smallest absolute Gasteiger partial charge is 0.133 e. The van der Waals surface area contributed by atoms with E-state index in [1.165, 1.54) is 0 Å². The van der Waals surface area contributed by atoms with E-state index < -0.39 is 0 Å². The lowest BCUT2D eigenvalue weighted by atomic mass is 10.1. The van der Waals surface area contributed by atoms with Gasteiger partial charge in [0.05, 0.1) is 0 Å². The number of nitrogens with one attached hydrogen (secondary N) is 1. The highest BCUT2D eigenvalue weighted by molar-refractivity contribution is 9.10. The van der Waals surface area contributed by atoms with Crippen molar-refractivity contribution in [2.75, 3.05) is 13.7 Å². The van der Waals surface area contributed by atoms with Crippen LogP contribution in [0.4, 0.5) is 0 Å². The van der Waals surface area contributed by atoms with Crippen molar-refractivity contribution in [1.82, 2.24) is 5.32 Å². The van der Waals surface area contributed by atoms with Gasteiger partial charge < -0.3 is 15.2 Å². The van der Waals surface area contributed by atoms with Gasteiger partial charge in [0.25, 0.3) is 0 Å². The second-order valence-electron chi connectivity index (χ2n) is 4.91. The summed E-state index contributed by atoms with van der Waals surface area (Å²) in [5.74, 6) is 1.63. The van der Waals surface area contributed by atoms with Gasteiger partial charge in [0.1, 0.15) is 11.5 Å². The maximum atomic E-state index is 8.94. The van der Waals surface area contributed by atoms with E-state index in [4.69, 9.17) is 9.84 Å². The summed E-state index contributed by atoms with van der Waals surface area (Å²) in [7, 11) is 1.93. The summed E-state index contributed by atoms with van der Waals surface area (Å²) in [6, 6.07) is 14.1. The summed E-state index contributed by atoms with van der Waals surface area (Å²) in [5, 5.41) is 12.2. The third-order valence-electron chi connectivity index (χ3n) is 3.43. The van der Waals surface area contributed by atoms with E-state index in [1.54, 1.807) is 0 Å². The molecular weight excluding hydrogens is 330 g/mol. The number of hydrogen-bond acceptors (Lipinski definition) is 3. The molecule has 0 saturated carbocycles. The first-order valence-corrected chi connectivity index (χ1v) is 7.77. The van der Waals surface area contributed by atoms with Crippen LogP contribution >= 0.6 is 15.9 Å². The lowest BCUT2D eigenvalue weighted by molar-refractivity contribution is 0.299. The van der Waals surface area contributed by atoms with Gasteiger partial charge in [0, 0.05) is 22.7 Å². The molecule has 1 unspecified atom stereocenters. The molecule has 0 fully saturated rings. The van der Waals surface area contributed by atoms with E-state index in [1.807, 2.05) is 43.4 Å². The largest absolute Gasteiger partial charge is 0.457 e. The Hall–Kier alpha value is -1.36. The van der Waals surface area contributed by atoms with Crippen molar-refractivity contribution in [2.24, 2.45) is 0 Å². The van der Waals surface area contributed by atoms with Gasteiger partial charge in [-0.05, 0) is 50.2 Å². The van der Waals surface area contributed by atoms with Crippen LogP contribution in [-0.2, 0) is 6.42 Å². The lowest BCUT2D eigenvalue weighted by Crippen LogP contribution is -2.13. The van der Waals surface area contributed by atoms with Gasteiger partial charge in [-0.25, -0.2) is 0 Å². The normalized spacial score (nSPS) is 12.2. The molecule has 0 aliphatic rings. The Morgan fingerprint density at radius 3 is 2.52 bits per heavy atom. The topological polar surface area (TPSA) is 41.5 Å². The van der Waals surface area contributed by atoms with E-state index in [9.17, 15) is 0 Å². The molecule has 2 aromatic rings. The van der Waals surface area contributed by atoms with Crippen molar-refractivity contribution in [2.45, 2.75) is 19.4 Å². The van der Waals surface area contributed by atoms with Crippen molar-refractivity contribution in [1.29, 1.82) is 0 Å². The number of aliphatic hydroxyl groups is 1. The molecule has 2 N–H and O–H groups in total. The van der Waals surface area contributed by atoms with Crippen molar-refractivity contribution in [3.05, 3.63) is 58.1 Å². The number of hydrogen-bond donors (Lipinski definition) is 2. The third-order valence-corrected chi connectivity index (χ3v) is 3.92. The van der Waals surface area contributed by atoms with Gasteiger partial charge in [0.15, 0.2) is 0 Å². The Morgan fingerprint density at radius 1 is 1.19 bits per heavy atom. The second-order valence-corrected chi connectivity index (χ2v) is 5.83. The fourth-order valence-electron chi connectivity index (χ4n) is 2.09. The summed E-state index contributed by atoms with van der Waals surface area (Å²) >= 11 is 3.48. The van der Waals surface area contributed by atoms with Gasteiger partial charge >= 0.3 is 0 Å². The van der Waals surface area contributed by atoms with Crippen LogP contribution in [0.15, 0.2) is 46.9 Å². The van der Waals surface area contributed by atoms with Crippen LogP contribution in [0.2, 0.25) is 0 Å². The highest BCUT2D eigenvalue weighted by atomic mass is 79.9. The zero-order valence-electron chi connectivity index (χ0n) is 12.3. The van der Waals surface area contributed by atoms with Crippen LogP contribution in [0.25, 0.3) is 0 Å². The Balaban J connectivity index is 2.23. The van der Waals surface area contributed by atoms with E-state index in [2.05, 4.69) is 34.2 Å². The fourth-order valence-corrected chi connectivity index (χ4v) is 2.43. The molecule has 0 spiro atoms. The molecule has 1 atom stereocenters. The molecule has 0 radical (unpaired) electrons. The van der Waals surface area contributed by atoms with E-state index in [0.29, 0.717) is 6.42 Å². The van der Waals surface area contributed by atoms with Gasteiger partial charge in [-0.1, -0.05) is 34.1 Å². The summed E-state index contributed by atoms with van der Waals surface area (Å²) < 4.78 is 7.00. The molecule has 0 aliphatic carbocycles. The summed E-state index contributed by atoms with van der Waals surface area (Å²) in [5.41, 5.74) is 2.21. The van der Waals surface area contributed by atoms with Crippen molar-refractivity contribution in [3.63, 3.8) is 0 Å². The average molecular weight is 350 g/mol. The highest BCUT2D eigenvalue weighted by Crippen LogP contribution is 2.32. The van der Waals surface area contributed by atoms with Crippen molar-refractivity contribution in [3.8, 4) is 11.5 Å². The van der Waals surface area contributed by atoms with Crippen LogP contribution in [0, 0.1) is 0 Å². The summed E-state index contributed by atoms with van der Waals surface area (Å²) in [4.78, 5) is 0. The molecular formula is C17H20BrNO2. The second kappa shape index (κ2) is 7.59. The standard InChI is InChI=1S/C17H20BrNO2/c1-12(19-2)16-8-5-14(18)11-17(16)21-15-6-3-13(4-7-15)9-10-20/h3-8,11-12,19-20H,9-10H2,1-2H3. The first kappa shape index (κ1) is 16.0. The van der Waals surface area contributed by atoms with Crippen molar-refractivity contribution < 1.29 is 9.84 Å². The number of benzene rings is 2. The fraction of sp³-hybridized carbons (Fsp3) is 0.294. The molecule has 3 nitrogen and oxygen atoms in total. The minimum Gasteiger partial charge on any atom is -0.457 e. The SMILES string of the molecule is CNC(C)c1ccc(Br)cc1Oc1ccc(CCO)cc1. The minimum atomic E-state index is 0.162. The van der Waals surface area contributed by atoms with Gasteiger partial charge in [-0.2, -0.15) is 0 Å². The number of aliphatic hydroxyl groups excluding tert-OH is 1. The van der Waals surface area contributed by atoms with Crippen LogP contribution in [0.3, 0.4) is 0 Å². The highest BCUT2D eigenvalue weighted by Gasteiger charge is 2.11. The quantitative estimate of drug-likeness (QED) is 0.826. The van der Waals surface area contributed by atoms with Gasteiger partial charge in [-0.3, -0.25) is 0 Å². The third kappa shape index (κ3) is 4.30. The first-order chi connectivity index (χ1) is 10.1. The Kier molecular flexibility index (Phi) is 5.79. The Morgan fingerprint density at radius 2 is 1.90 bits per heavy atom. The van der Waals surface area contributed by atoms with Crippen LogP contribution in [0.1, 0.15) is 24.1 Å². The number of ether oxygens (including phenoxy) is 1. The Bertz CT molecular complexity index is 584. The van der Waals surface area contributed by atoms with Crippen molar-refractivity contribution >= 4 is 15.9 Å². The molecule has 2 rings (SSSR count). The number of halogens is 1. The van der Waals surface area contributed by atoms with Crippen LogP contribution in [0.5, 0.6) is 11.5 Å². The maximum Gasteiger partial charge on any atom is 0.133 e. The molecule has 112 valence electrons. The molecule has 0 bridgehead atoms. The molecule has 0 heterocycles. The minimum absolute atomic E-state index is 0.162. The molecule has 0 amide bonds.